The van der Waals surface area contributed by atoms with Gasteiger partial charge < -0.3 is 34.4 Å². The van der Waals surface area contributed by atoms with Gasteiger partial charge in [0.1, 0.15) is 9.41 Å². The Kier molecular flexibility index (Phi) is 15.6. The van der Waals surface area contributed by atoms with Crippen molar-refractivity contribution in [3.8, 4) is 0 Å². The van der Waals surface area contributed by atoms with Crippen molar-refractivity contribution in [2.24, 2.45) is 34.4 Å². The van der Waals surface area contributed by atoms with Crippen molar-refractivity contribution in [1.29, 1.82) is 0 Å². The number of Topliss-reactive ketones (excluding diaryl/α,β-unsaturated/α-hetero) is 2. The normalized spacial score (nSPS) is 18.8. The number of hydrogen-bond acceptors (Lipinski definition) is 13. The molecule has 4 aromatic carbocycles. The minimum absolute atomic E-state index is 0.289. The molecule has 4 aromatic rings. The van der Waals surface area contributed by atoms with Gasteiger partial charge in [0.05, 0.1) is 34.5 Å². The van der Waals surface area contributed by atoms with Gasteiger partial charge in [-0.25, -0.2) is 0 Å². The Morgan fingerprint density at radius 1 is 0.607 bits per heavy atom. The number of amides is 2. The van der Waals surface area contributed by atoms with Crippen LogP contribution in [0.1, 0.15) is 84.2 Å². The lowest BCUT2D eigenvalue weighted by Crippen LogP contribution is -2.56. The number of carbonyl (C=O) groups excluding carboxylic acids is 4. The fourth-order valence-electron chi connectivity index (χ4n) is 7.63. The van der Waals surface area contributed by atoms with E-state index in [2.05, 4.69) is 0 Å². The molecular formula is C46H58N8O4S3. The Morgan fingerprint density at radius 2 is 0.984 bits per heavy atom. The SMILES string of the molecule is C[C@](N)(CCCN)C(=O)N1c2c(cccc2C(=O)[C@@H](N)CCc2ccccc2)SC1SC1Sc2cccc(C(=O)[C@@H](N)CCc3ccccc3)c2N1C(=O)[C@@](C)(N)CCCN. The molecule has 0 saturated heterocycles. The molecule has 2 heterocycles. The first-order chi connectivity index (χ1) is 29.2. The molecule has 2 aliphatic rings. The Bertz CT molecular complexity index is 2040. The van der Waals surface area contributed by atoms with Crippen molar-refractivity contribution in [1.82, 2.24) is 0 Å². The molecule has 2 amide bonds. The molecule has 0 aliphatic carbocycles. The van der Waals surface area contributed by atoms with Crippen LogP contribution in [0.3, 0.4) is 0 Å². The third-order valence-corrected chi connectivity index (χ3v) is 15.3. The first kappa shape index (κ1) is 46.5. The number of benzene rings is 4. The molecule has 324 valence electrons. The first-order valence-electron chi connectivity index (χ1n) is 20.8. The lowest BCUT2D eigenvalue weighted by molar-refractivity contribution is -0.123. The van der Waals surface area contributed by atoms with Gasteiger partial charge in [0, 0.05) is 20.9 Å². The molecule has 6 atom stereocenters. The van der Waals surface area contributed by atoms with Crippen LogP contribution in [0, 0.1) is 0 Å². The molecule has 2 unspecified atom stereocenters. The summed E-state index contributed by atoms with van der Waals surface area (Å²) in [7, 11) is 0. The quantitative estimate of drug-likeness (QED) is 0.0581. The second-order valence-electron chi connectivity index (χ2n) is 16.3. The summed E-state index contributed by atoms with van der Waals surface area (Å²) in [5.41, 5.74) is 39.6. The monoisotopic (exact) mass is 882 g/mol. The van der Waals surface area contributed by atoms with Gasteiger partial charge in [-0.2, -0.15) is 0 Å². The van der Waals surface area contributed by atoms with Crippen molar-refractivity contribution in [2.45, 2.75) is 108 Å². The molecule has 12 N–H and O–H groups in total. The number of hydrogen-bond donors (Lipinski definition) is 6. The smallest absolute Gasteiger partial charge is 0.248 e. The Balaban J connectivity index is 1.36. The number of thioether (sulfide) groups is 3. The molecule has 0 fully saturated rings. The van der Waals surface area contributed by atoms with E-state index in [1.165, 1.54) is 35.3 Å². The first-order valence-corrected chi connectivity index (χ1v) is 23.5. The maximum atomic E-state index is 14.9. The summed E-state index contributed by atoms with van der Waals surface area (Å²) in [6.45, 7) is 4.04. The Labute approximate surface area is 371 Å². The number of rotatable bonds is 20. The maximum Gasteiger partial charge on any atom is 0.248 e. The molecule has 15 heteroatoms. The fourth-order valence-corrected chi connectivity index (χ4v) is 12.4. The van der Waals surface area contributed by atoms with Crippen molar-refractivity contribution in [3.05, 3.63) is 119 Å². The molecule has 0 saturated carbocycles. The number of fused-ring (bicyclic) bond motifs is 2. The number of ketones is 2. The molecule has 0 spiro atoms. The van der Waals surface area contributed by atoms with Crippen LogP contribution < -0.4 is 44.2 Å². The van der Waals surface area contributed by atoms with Gasteiger partial charge in [0.2, 0.25) is 11.8 Å². The van der Waals surface area contributed by atoms with E-state index in [9.17, 15) is 19.2 Å². The number of para-hydroxylation sites is 2. The zero-order valence-corrected chi connectivity index (χ0v) is 37.3. The molecular weight excluding hydrogens is 825 g/mol. The van der Waals surface area contributed by atoms with Crippen LogP contribution in [0.5, 0.6) is 0 Å². The third-order valence-electron chi connectivity index (χ3n) is 11.2. The van der Waals surface area contributed by atoms with Gasteiger partial charge in [-0.3, -0.25) is 29.0 Å². The number of carbonyl (C=O) groups is 4. The van der Waals surface area contributed by atoms with Crippen LogP contribution in [0.25, 0.3) is 0 Å². The second-order valence-corrected chi connectivity index (χ2v) is 20.3. The summed E-state index contributed by atoms with van der Waals surface area (Å²) in [5, 5.41) is 0. The summed E-state index contributed by atoms with van der Waals surface area (Å²) >= 11 is 4.13. The topological polar surface area (TPSA) is 231 Å². The van der Waals surface area contributed by atoms with E-state index in [4.69, 9.17) is 34.4 Å². The van der Waals surface area contributed by atoms with Crippen molar-refractivity contribution in [2.75, 3.05) is 22.9 Å². The molecule has 2 aliphatic heterocycles. The highest BCUT2D eigenvalue weighted by atomic mass is 32.2. The lowest BCUT2D eigenvalue weighted by atomic mass is 9.93. The van der Waals surface area contributed by atoms with Gasteiger partial charge in [-0.15, -0.1) is 0 Å². The van der Waals surface area contributed by atoms with E-state index in [0.717, 1.165) is 11.1 Å². The van der Waals surface area contributed by atoms with Crippen LogP contribution in [0.2, 0.25) is 0 Å². The zero-order chi connectivity index (χ0) is 43.9. The maximum absolute atomic E-state index is 14.9. The molecule has 0 radical (unpaired) electrons. The van der Waals surface area contributed by atoms with Crippen LogP contribution in [0.4, 0.5) is 11.4 Å². The van der Waals surface area contributed by atoms with Crippen molar-refractivity contribution in [3.63, 3.8) is 0 Å². The highest BCUT2D eigenvalue weighted by molar-refractivity contribution is 8.24. The second kappa shape index (κ2) is 20.4. The van der Waals surface area contributed by atoms with E-state index < -0.39 is 44.4 Å². The predicted molar refractivity (Wildman–Crippen MR) is 251 cm³/mol. The average molecular weight is 883 g/mol. The summed E-state index contributed by atoms with van der Waals surface area (Å²) in [6.07, 6.45) is 3.65. The molecule has 6 rings (SSSR count). The van der Waals surface area contributed by atoms with Crippen LogP contribution in [-0.4, -0.2) is 69.0 Å². The lowest BCUT2D eigenvalue weighted by Gasteiger charge is -2.37. The van der Waals surface area contributed by atoms with Crippen LogP contribution in [0.15, 0.2) is 107 Å². The molecule has 12 nitrogen and oxygen atoms in total. The zero-order valence-electron chi connectivity index (χ0n) is 34.8. The van der Waals surface area contributed by atoms with E-state index in [1.54, 1.807) is 47.9 Å². The standard InChI is InChI=1S/C46H58N8O4S3/c1-45(51,25-11-27-47)41(57)53-37-31(39(55)33(49)23-21-29-13-5-3-6-14-29)17-9-19-35(37)59-43(53)61-44-54(42(58)46(2,52)26-12-28-48)38-32(18-10-20-36(38)60-44)40(56)34(50)24-22-30-15-7-4-8-16-30/h3-10,13-20,33-34,43-44H,11-12,21-28,47-52H2,1-2H3/t33-,34-,43?,44?,45-,46-/m0/s1. The summed E-state index contributed by atoms with van der Waals surface area (Å²) in [6, 6.07) is 28.7. The van der Waals surface area contributed by atoms with Gasteiger partial charge in [0.15, 0.2) is 11.6 Å². The third kappa shape index (κ3) is 10.6. The molecule has 0 aromatic heterocycles. The summed E-state index contributed by atoms with van der Waals surface area (Å²) in [4.78, 5) is 62.9. The fraction of sp³-hybridized carbons (Fsp3) is 0.391. The molecule has 0 bridgehead atoms. The predicted octanol–water partition coefficient (Wildman–Crippen LogP) is 5.76. The van der Waals surface area contributed by atoms with Gasteiger partial charge >= 0.3 is 0 Å². The van der Waals surface area contributed by atoms with Gasteiger partial charge in [-0.05, 0) is 114 Å². The number of aryl methyl sites for hydroxylation is 2. The van der Waals surface area contributed by atoms with Crippen LogP contribution >= 0.6 is 35.3 Å². The minimum atomic E-state index is -1.35. The summed E-state index contributed by atoms with van der Waals surface area (Å²) in [5.74, 6) is -1.37. The van der Waals surface area contributed by atoms with Crippen LogP contribution in [-0.2, 0) is 22.4 Å². The average Bonchev–Trinajstić information content (AvgIpc) is 3.83. The number of nitrogens with zero attached hydrogens (tertiary/aromatic N) is 2. The van der Waals surface area contributed by atoms with Gasteiger partial charge in [-0.1, -0.05) is 108 Å². The van der Waals surface area contributed by atoms with E-state index in [1.807, 2.05) is 72.8 Å². The number of nitrogens with two attached hydrogens (primary N) is 6. The highest BCUT2D eigenvalue weighted by Crippen LogP contribution is 2.57. The summed E-state index contributed by atoms with van der Waals surface area (Å²) < 4.78 is -1.39. The van der Waals surface area contributed by atoms with E-state index in [0.29, 0.717) is 96.7 Å². The molecule has 61 heavy (non-hydrogen) atoms. The minimum Gasteiger partial charge on any atom is -0.330 e. The van der Waals surface area contributed by atoms with Crippen molar-refractivity contribution < 1.29 is 19.2 Å². The van der Waals surface area contributed by atoms with E-state index in [-0.39, 0.29) is 11.6 Å². The van der Waals surface area contributed by atoms with Crippen molar-refractivity contribution >= 4 is 70.0 Å². The Morgan fingerprint density at radius 3 is 1.34 bits per heavy atom. The van der Waals surface area contributed by atoms with Gasteiger partial charge in [0.25, 0.3) is 0 Å². The van der Waals surface area contributed by atoms with E-state index >= 15 is 0 Å². The number of anilines is 2. The largest absolute Gasteiger partial charge is 0.330 e. The Hall–Kier alpha value is -4.03. The highest BCUT2D eigenvalue weighted by Gasteiger charge is 2.49.